The van der Waals surface area contributed by atoms with Crippen LogP contribution in [0, 0.1) is 0 Å². The van der Waals surface area contributed by atoms with Crippen molar-refractivity contribution in [1.29, 1.82) is 0 Å². The Morgan fingerprint density at radius 2 is 1.84 bits per heavy atom. The van der Waals surface area contributed by atoms with Crippen molar-refractivity contribution in [2.24, 2.45) is 0 Å². The molecule has 2 aromatic rings. The molecule has 3 N–H and O–H groups in total. The number of ether oxygens (including phenoxy) is 1. The highest BCUT2D eigenvalue weighted by molar-refractivity contribution is 7.89. The minimum atomic E-state index is -3.79. The second-order valence-electron chi connectivity index (χ2n) is 5.26. The van der Waals surface area contributed by atoms with Gasteiger partial charge < -0.3 is 15.2 Å². The lowest BCUT2D eigenvalue weighted by Crippen LogP contribution is -2.26. The van der Waals surface area contributed by atoms with Crippen molar-refractivity contribution in [3.05, 3.63) is 53.6 Å². The van der Waals surface area contributed by atoms with Gasteiger partial charge in [0.2, 0.25) is 10.0 Å². The molecule has 2 rings (SSSR count). The Morgan fingerprint density at radius 3 is 2.40 bits per heavy atom. The fourth-order valence-electron chi connectivity index (χ4n) is 2.29. The molecular formula is C17H20N2O5S. The van der Waals surface area contributed by atoms with E-state index < -0.39 is 16.0 Å². The highest BCUT2D eigenvalue weighted by Crippen LogP contribution is 2.20. The van der Waals surface area contributed by atoms with Crippen LogP contribution in [-0.2, 0) is 16.4 Å². The third-order valence-corrected chi connectivity index (χ3v) is 5.12. The number of anilines is 1. The van der Waals surface area contributed by atoms with Crippen molar-refractivity contribution in [2.45, 2.75) is 11.3 Å². The molecule has 25 heavy (non-hydrogen) atoms. The molecule has 0 saturated heterocycles. The van der Waals surface area contributed by atoms with Crippen LogP contribution in [0.5, 0.6) is 5.75 Å². The van der Waals surface area contributed by atoms with Crippen molar-refractivity contribution in [1.82, 2.24) is 4.72 Å². The third-order valence-electron chi connectivity index (χ3n) is 3.67. The van der Waals surface area contributed by atoms with E-state index in [0.29, 0.717) is 12.1 Å². The normalized spacial score (nSPS) is 11.1. The van der Waals surface area contributed by atoms with Crippen LogP contribution in [0.2, 0.25) is 0 Å². The number of rotatable bonds is 8. The molecule has 0 amide bonds. The first-order chi connectivity index (χ1) is 11.9. The number of sulfonamides is 1. The van der Waals surface area contributed by atoms with Crippen LogP contribution in [0.3, 0.4) is 0 Å². The highest BCUT2D eigenvalue weighted by atomic mass is 32.2. The molecule has 0 heterocycles. The quantitative estimate of drug-likeness (QED) is 0.661. The number of hydrogen-bond acceptors (Lipinski definition) is 5. The van der Waals surface area contributed by atoms with E-state index in [1.165, 1.54) is 12.1 Å². The van der Waals surface area contributed by atoms with E-state index in [1.807, 2.05) is 12.1 Å². The zero-order valence-electron chi connectivity index (χ0n) is 13.9. The number of carbonyl (C=O) groups is 1. The molecule has 0 atom stereocenters. The van der Waals surface area contributed by atoms with E-state index in [0.717, 1.165) is 17.4 Å². The lowest BCUT2D eigenvalue weighted by atomic mass is 10.1. The van der Waals surface area contributed by atoms with Crippen molar-refractivity contribution < 1.29 is 23.1 Å². The van der Waals surface area contributed by atoms with E-state index in [-0.39, 0.29) is 17.0 Å². The standard InChI is InChI=1S/C17H20N2O5S/c1-18-16-8-7-14(11-15(16)17(20)21)25(22,23)19-10-9-12-3-5-13(24-2)6-4-12/h3-8,11,18-19H,9-10H2,1-2H3,(H,20,21). The summed E-state index contributed by atoms with van der Waals surface area (Å²) in [5, 5.41) is 11.9. The molecule has 134 valence electrons. The molecule has 0 saturated carbocycles. The number of aromatic carboxylic acids is 1. The van der Waals surface area contributed by atoms with E-state index in [9.17, 15) is 18.3 Å². The SMILES string of the molecule is CNc1ccc(S(=O)(=O)NCCc2ccc(OC)cc2)cc1C(=O)O. The maximum absolute atomic E-state index is 12.4. The van der Waals surface area contributed by atoms with Gasteiger partial charge in [0.15, 0.2) is 0 Å². The van der Waals surface area contributed by atoms with Crippen LogP contribution in [-0.4, -0.2) is 40.2 Å². The second-order valence-corrected chi connectivity index (χ2v) is 7.03. The molecule has 0 fully saturated rings. The zero-order chi connectivity index (χ0) is 18.4. The van der Waals surface area contributed by atoms with Crippen LogP contribution in [0.4, 0.5) is 5.69 Å². The van der Waals surface area contributed by atoms with E-state index in [2.05, 4.69) is 10.0 Å². The van der Waals surface area contributed by atoms with Gasteiger partial charge in [-0.25, -0.2) is 17.9 Å². The number of carboxylic acids is 1. The summed E-state index contributed by atoms with van der Waals surface area (Å²) in [6, 6.07) is 11.3. The van der Waals surface area contributed by atoms with Crippen molar-refractivity contribution in [2.75, 3.05) is 26.0 Å². The summed E-state index contributed by atoms with van der Waals surface area (Å²) in [5.74, 6) is -0.463. The Kier molecular flexibility index (Phi) is 6.00. The maximum atomic E-state index is 12.4. The molecule has 0 aromatic heterocycles. The summed E-state index contributed by atoms with van der Waals surface area (Å²) in [7, 11) is -0.640. The molecule has 8 heteroatoms. The van der Waals surface area contributed by atoms with E-state index in [1.54, 1.807) is 26.3 Å². The minimum Gasteiger partial charge on any atom is -0.497 e. The van der Waals surface area contributed by atoms with E-state index in [4.69, 9.17) is 4.74 Å². The molecule has 0 radical (unpaired) electrons. The van der Waals surface area contributed by atoms with Gasteiger partial charge in [0, 0.05) is 19.3 Å². The predicted octanol–water partition coefficient (Wildman–Crippen LogP) is 1.96. The Hall–Kier alpha value is -2.58. The monoisotopic (exact) mass is 364 g/mol. The van der Waals surface area contributed by atoms with Crippen LogP contribution < -0.4 is 14.8 Å². The van der Waals surface area contributed by atoms with Crippen molar-refractivity contribution in [3.63, 3.8) is 0 Å². The van der Waals surface area contributed by atoms with Crippen molar-refractivity contribution >= 4 is 21.7 Å². The zero-order valence-corrected chi connectivity index (χ0v) is 14.8. The summed E-state index contributed by atoms with van der Waals surface area (Å²) in [4.78, 5) is 11.2. The maximum Gasteiger partial charge on any atom is 0.337 e. The van der Waals surface area contributed by atoms with Gasteiger partial charge in [-0.05, 0) is 42.3 Å². The second kappa shape index (κ2) is 8.00. The lowest BCUT2D eigenvalue weighted by Gasteiger charge is -2.10. The largest absolute Gasteiger partial charge is 0.497 e. The average molecular weight is 364 g/mol. The molecule has 0 unspecified atom stereocenters. The Morgan fingerprint density at radius 1 is 1.16 bits per heavy atom. The first-order valence-electron chi connectivity index (χ1n) is 7.55. The summed E-state index contributed by atoms with van der Waals surface area (Å²) >= 11 is 0. The molecule has 0 aliphatic heterocycles. The summed E-state index contributed by atoms with van der Waals surface area (Å²) < 4.78 is 32.3. The Balaban J connectivity index is 2.08. The number of methoxy groups -OCH3 is 1. The minimum absolute atomic E-state index is 0.0846. The third kappa shape index (κ3) is 4.71. The van der Waals surface area contributed by atoms with Gasteiger partial charge in [-0.3, -0.25) is 0 Å². The first-order valence-corrected chi connectivity index (χ1v) is 9.03. The van der Waals surface area contributed by atoms with Crippen molar-refractivity contribution in [3.8, 4) is 5.75 Å². The predicted molar refractivity (Wildman–Crippen MR) is 94.8 cm³/mol. The summed E-state index contributed by atoms with van der Waals surface area (Å²) in [6.07, 6.45) is 0.504. The van der Waals surface area contributed by atoms with Gasteiger partial charge in [0.25, 0.3) is 0 Å². The fraction of sp³-hybridized carbons (Fsp3) is 0.235. The van der Waals surface area contributed by atoms with Crippen LogP contribution in [0.15, 0.2) is 47.4 Å². The molecule has 0 bridgehead atoms. The fourth-order valence-corrected chi connectivity index (χ4v) is 3.35. The number of hydrogen-bond donors (Lipinski definition) is 3. The topological polar surface area (TPSA) is 105 Å². The summed E-state index contributed by atoms with van der Waals surface area (Å²) in [6.45, 7) is 0.199. The van der Waals surface area contributed by atoms with Crippen LogP contribution in [0.25, 0.3) is 0 Å². The molecule has 0 aliphatic carbocycles. The highest BCUT2D eigenvalue weighted by Gasteiger charge is 2.18. The number of carboxylic acid groups (broad SMARTS) is 1. The van der Waals surface area contributed by atoms with Gasteiger partial charge in [0.1, 0.15) is 5.75 Å². The molecule has 7 nitrogen and oxygen atoms in total. The molecule has 0 aliphatic rings. The smallest absolute Gasteiger partial charge is 0.337 e. The lowest BCUT2D eigenvalue weighted by molar-refractivity contribution is 0.0697. The van der Waals surface area contributed by atoms with E-state index >= 15 is 0 Å². The van der Waals surface area contributed by atoms with Gasteiger partial charge in [0.05, 0.1) is 17.6 Å². The average Bonchev–Trinajstić information content (AvgIpc) is 2.61. The Bertz CT molecular complexity index is 848. The molecule has 0 spiro atoms. The van der Waals surface area contributed by atoms with Gasteiger partial charge in [-0.15, -0.1) is 0 Å². The number of benzene rings is 2. The number of nitrogens with one attached hydrogen (secondary N) is 2. The van der Waals surface area contributed by atoms with Crippen LogP contribution >= 0.6 is 0 Å². The molecule has 2 aromatic carbocycles. The first kappa shape index (κ1) is 18.8. The Labute approximate surface area is 146 Å². The molecular weight excluding hydrogens is 344 g/mol. The summed E-state index contributed by atoms with van der Waals surface area (Å²) in [5.41, 5.74) is 1.21. The van der Waals surface area contributed by atoms with Crippen LogP contribution in [0.1, 0.15) is 15.9 Å². The van der Waals surface area contributed by atoms with Gasteiger partial charge in [-0.1, -0.05) is 12.1 Å². The van der Waals surface area contributed by atoms with Gasteiger partial charge >= 0.3 is 5.97 Å². The van der Waals surface area contributed by atoms with Gasteiger partial charge in [-0.2, -0.15) is 0 Å².